The maximum atomic E-state index is 13.2. The Labute approximate surface area is 248 Å². The number of nitrogens with two attached hydrogens (primary N) is 2. The third kappa shape index (κ3) is 5.31. The molecule has 0 saturated carbocycles. The zero-order chi connectivity index (χ0) is 31.8. The zero-order valence-electron chi connectivity index (χ0n) is 22.4. The smallest absolute Gasteiger partial charge is 0.387 e. The lowest BCUT2D eigenvalue weighted by atomic mass is 10.1. The minimum Gasteiger partial charge on any atom is -0.387 e. The summed E-state index contributed by atoms with van der Waals surface area (Å²) >= 11 is 0. The second-order valence-electron chi connectivity index (χ2n) is 10.1. The second kappa shape index (κ2) is 10.8. The van der Waals surface area contributed by atoms with Crippen LogP contribution in [0, 0.1) is 0 Å². The second-order valence-corrected chi connectivity index (χ2v) is 13.0. The minimum absolute atomic E-state index is 0.0343. The molecular formula is C20H24N10O13P2. The van der Waals surface area contributed by atoms with E-state index in [1.807, 2.05) is 0 Å². The van der Waals surface area contributed by atoms with Gasteiger partial charge in [0.2, 0.25) is 5.95 Å². The first kappa shape index (κ1) is 30.2. The molecule has 9 N–H and O–H groups in total. The van der Waals surface area contributed by atoms with Crippen LogP contribution < -0.4 is 17.0 Å². The van der Waals surface area contributed by atoms with Gasteiger partial charge in [0, 0.05) is 0 Å². The summed E-state index contributed by atoms with van der Waals surface area (Å²) in [5, 5.41) is 22.1. The first-order valence-corrected chi connectivity index (χ1v) is 15.9. The van der Waals surface area contributed by atoms with Gasteiger partial charge in [-0.05, 0) is 0 Å². The van der Waals surface area contributed by atoms with Gasteiger partial charge in [-0.1, -0.05) is 0 Å². The highest BCUT2D eigenvalue weighted by Gasteiger charge is 2.54. The number of phosphoric ester groups is 2. The van der Waals surface area contributed by atoms with Crippen LogP contribution in [-0.4, -0.2) is 109 Å². The molecule has 0 amide bonds. The van der Waals surface area contributed by atoms with Gasteiger partial charge >= 0.3 is 15.6 Å². The summed E-state index contributed by atoms with van der Waals surface area (Å²) in [7, 11) is -10.2. The number of nitrogen functional groups attached to an aromatic ring is 2. The number of fused-ring (bicyclic) bond motifs is 5. The molecular weight excluding hydrogens is 650 g/mol. The number of H-pyrrole nitrogens is 1. The van der Waals surface area contributed by atoms with Crippen molar-refractivity contribution in [3.8, 4) is 0 Å². The Morgan fingerprint density at radius 1 is 0.822 bits per heavy atom. The van der Waals surface area contributed by atoms with Gasteiger partial charge in [-0.15, -0.1) is 0 Å². The van der Waals surface area contributed by atoms with Crippen molar-refractivity contribution >= 4 is 49.7 Å². The van der Waals surface area contributed by atoms with Gasteiger partial charge in [0.05, 0.1) is 25.9 Å². The van der Waals surface area contributed by atoms with E-state index in [1.54, 1.807) is 0 Å². The molecule has 3 saturated heterocycles. The van der Waals surface area contributed by atoms with Gasteiger partial charge in [-0.3, -0.25) is 37.0 Å². The number of anilines is 2. The van der Waals surface area contributed by atoms with E-state index in [9.17, 15) is 33.9 Å². The van der Waals surface area contributed by atoms with Crippen LogP contribution in [0.15, 0.2) is 23.8 Å². The summed E-state index contributed by atoms with van der Waals surface area (Å²) in [5.41, 5.74) is 10.8. The fourth-order valence-corrected chi connectivity index (χ4v) is 7.19. The number of rotatable bonds is 2. The predicted molar refractivity (Wildman–Crippen MR) is 143 cm³/mol. The van der Waals surface area contributed by atoms with E-state index in [0.29, 0.717) is 0 Å². The third-order valence-corrected chi connectivity index (χ3v) is 9.29. The molecule has 4 aromatic heterocycles. The Hall–Kier alpha value is -3.44. The van der Waals surface area contributed by atoms with Gasteiger partial charge in [0.15, 0.2) is 35.1 Å². The molecule has 3 fully saturated rings. The molecule has 3 aliphatic rings. The molecule has 7 rings (SSSR count). The Balaban J connectivity index is 1.21. The Kier molecular flexibility index (Phi) is 7.27. The number of hydrogen-bond acceptors (Lipinski definition) is 18. The summed E-state index contributed by atoms with van der Waals surface area (Å²) < 4.78 is 61.0. The van der Waals surface area contributed by atoms with Crippen molar-refractivity contribution in [1.82, 2.24) is 39.0 Å². The van der Waals surface area contributed by atoms with E-state index in [4.69, 9.17) is 39.0 Å². The van der Waals surface area contributed by atoms with E-state index in [-0.39, 0.29) is 34.1 Å². The van der Waals surface area contributed by atoms with Crippen LogP contribution in [0.25, 0.3) is 22.3 Å². The number of nitrogens with one attached hydrogen (secondary N) is 1. The van der Waals surface area contributed by atoms with Gasteiger partial charge in [-0.2, -0.15) is 4.98 Å². The van der Waals surface area contributed by atoms with Crippen molar-refractivity contribution in [1.29, 1.82) is 0 Å². The monoisotopic (exact) mass is 674 g/mol. The number of phosphoric acid groups is 2. The molecule has 3 aliphatic heterocycles. The van der Waals surface area contributed by atoms with E-state index < -0.39 is 83.5 Å². The van der Waals surface area contributed by atoms with Crippen molar-refractivity contribution in [3.05, 3.63) is 29.3 Å². The maximum absolute atomic E-state index is 13.2. The summed E-state index contributed by atoms with van der Waals surface area (Å²) in [6.07, 6.45) is -9.21. The van der Waals surface area contributed by atoms with Crippen molar-refractivity contribution < 1.29 is 56.7 Å². The summed E-state index contributed by atoms with van der Waals surface area (Å²) in [6.45, 7) is -1.65. The molecule has 0 radical (unpaired) electrons. The Bertz CT molecular complexity index is 1940. The van der Waals surface area contributed by atoms with Crippen LogP contribution in [0.5, 0.6) is 0 Å². The lowest BCUT2D eigenvalue weighted by molar-refractivity contribution is -0.0672. The number of imidazole rings is 2. The maximum Gasteiger partial charge on any atom is 0.472 e. The van der Waals surface area contributed by atoms with Crippen molar-refractivity contribution in [2.75, 3.05) is 24.7 Å². The molecule has 10 atom stereocenters. The molecule has 7 heterocycles. The van der Waals surface area contributed by atoms with Crippen LogP contribution in [0.3, 0.4) is 0 Å². The molecule has 23 nitrogen and oxygen atoms in total. The number of aromatic nitrogens is 8. The first-order chi connectivity index (χ1) is 21.3. The molecule has 0 aromatic carbocycles. The quantitative estimate of drug-likeness (QED) is 0.109. The lowest BCUT2D eigenvalue weighted by Gasteiger charge is -2.25. The molecule has 7 unspecified atom stereocenters. The number of aromatic amines is 1. The SMILES string of the molecule is Nc1nc2c(ncn2[C@@H]2O[C@@H]3COP(=O)(O)OC4C(COP(=O)(O)OC2C3O)O[C@@H](n2cnc3c(N)ncnc32)C4O)c(=O)[nH]1. The third-order valence-electron chi connectivity index (χ3n) is 7.32. The van der Waals surface area contributed by atoms with Crippen LogP contribution >= 0.6 is 15.6 Å². The average molecular weight is 674 g/mol. The van der Waals surface area contributed by atoms with Crippen LogP contribution in [0.2, 0.25) is 0 Å². The van der Waals surface area contributed by atoms with E-state index in [2.05, 4.69) is 29.9 Å². The van der Waals surface area contributed by atoms with E-state index in [1.165, 1.54) is 10.9 Å². The fourth-order valence-electron chi connectivity index (χ4n) is 5.30. The fraction of sp³-hybridized carbons (Fsp3) is 0.500. The normalized spacial score (nSPS) is 37.7. The van der Waals surface area contributed by atoms with Crippen molar-refractivity contribution in [2.24, 2.45) is 0 Å². The number of nitrogens with zero attached hydrogens (tertiary/aromatic N) is 7. The highest BCUT2D eigenvalue weighted by molar-refractivity contribution is 7.47. The number of ether oxygens (including phenoxy) is 2. The van der Waals surface area contributed by atoms with Crippen LogP contribution in [0.4, 0.5) is 11.8 Å². The van der Waals surface area contributed by atoms with Gasteiger partial charge < -0.3 is 40.9 Å². The van der Waals surface area contributed by atoms with Gasteiger partial charge in [0.1, 0.15) is 48.5 Å². The van der Waals surface area contributed by atoms with E-state index in [0.717, 1.165) is 17.2 Å². The number of aliphatic hydroxyl groups excluding tert-OH is 2. The van der Waals surface area contributed by atoms with Crippen molar-refractivity contribution in [3.63, 3.8) is 0 Å². The van der Waals surface area contributed by atoms with Crippen molar-refractivity contribution in [2.45, 2.75) is 49.1 Å². The Morgan fingerprint density at radius 2 is 1.44 bits per heavy atom. The summed E-state index contributed by atoms with van der Waals surface area (Å²) in [5.74, 6) is -0.250. The van der Waals surface area contributed by atoms with Crippen LogP contribution in [-0.2, 0) is 36.7 Å². The first-order valence-electron chi connectivity index (χ1n) is 13.0. The van der Waals surface area contributed by atoms with Gasteiger partial charge in [0.25, 0.3) is 5.56 Å². The molecule has 242 valence electrons. The standard InChI is InChI=1S/C20H24N10O13P2/c21-14-8-15(24-3-23-14)29(4-25-8)18-11(32)12-7(41-18)2-39-45(36,37)43-13-10(31)6(1-38-44(34,35)42-12)40-19(13)30-5-26-9-16(30)27-20(22)28-17(9)33/h3-7,10-13,18-19,31-32H,1-2H2,(H,34,35)(H,36,37)(H2,21,23,24)(H3,22,27,28,33)/t6-,7?,10?,11?,12?,13?,18-,19-/m1/s1. The average Bonchev–Trinajstić information content (AvgIpc) is 3.72. The molecule has 4 aromatic rings. The molecule has 25 heteroatoms. The Morgan fingerprint density at radius 3 is 2.18 bits per heavy atom. The number of aliphatic hydroxyl groups is 2. The molecule has 0 aliphatic carbocycles. The number of hydrogen-bond donors (Lipinski definition) is 7. The predicted octanol–water partition coefficient (Wildman–Crippen LogP) is -2.34. The highest BCUT2D eigenvalue weighted by Crippen LogP contribution is 2.53. The summed E-state index contributed by atoms with van der Waals surface area (Å²) in [4.78, 5) is 55.8. The largest absolute Gasteiger partial charge is 0.472 e. The minimum atomic E-state index is -5.11. The van der Waals surface area contributed by atoms with E-state index >= 15 is 0 Å². The summed E-state index contributed by atoms with van der Waals surface area (Å²) in [6, 6.07) is 0. The zero-order valence-corrected chi connectivity index (χ0v) is 24.2. The lowest BCUT2D eigenvalue weighted by Crippen LogP contribution is -2.36. The highest BCUT2D eigenvalue weighted by atomic mass is 31.2. The van der Waals surface area contributed by atoms with Gasteiger partial charge in [-0.25, -0.2) is 29.1 Å². The molecule has 0 spiro atoms. The topological polar surface area (TPSA) is 330 Å². The molecule has 2 bridgehead atoms. The molecule has 45 heavy (non-hydrogen) atoms. The van der Waals surface area contributed by atoms with Crippen LogP contribution in [0.1, 0.15) is 12.5 Å².